The number of ether oxygens (including phenoxy) is 3. The molecule has 0 fully saturated rings. The van der Waals surface area contributed by atoms with Crippen LogP contribution in [0.4, 0.5) is 0 Å². The van der Waals surface area contributed by atoms with E-state index in [1.54, 1.807) is 0 Å². The molecule has 0 aliphatic carbocycles. The van der Waals surface area contributed by atoms with Crippen molar-refractivity contribution in [2.75, 3.05) is 13.2 Å². The van der Waals surface area contributed by atoms with E-state index in [1.807, 2.05) is 12.2 Å². The minimum atomic E-state index is -0.829. The summed E-state index contributed by atoms with van der Waals surface area (Å²) in [6.45, 7) is 6.33. The molecular weight excluding hydrogens is 817 g/mol. The van der Waals surface area contributed by atoms with E-state index in [9.17, 15) is 14.4 Å². The molecule has 0 rings (SSSR count). The Balaban J connectivity index is 4.57. The maximum Gasteiger partial charge on any atom is 0.306 e. The summed E-state index contributed by atoms with van der Waals surface area (Å²) in [5, 5.41) is 0. The number of unbranched alkanes of at least 4 members (excludes halogenated alkanes) is 15. The minimum Gasteiger partial charge on any atom is -0.462 e. The van der Waals surface area contributed by atoms with Gasteiger partial charge in [0.1, 0.15) is 13.2 Å². The number of rotatable bonds is 45. The topological polar surface area (TPSA) is 78.9 Å². The summed E-state index contributed by atoms with van der Waals surface area (Å²) < 4.78 is 16.7. The standard InChI is InChI=1S/C60H94O6/c1-4-7-10-13-16-19-22-24-26-28-30-32-33-35-38-41-44-47-50-53-59(62)65-56-57(55-64-58(61)52-49-46-43-40-37-21-18-15-12-9-6-3)66-60(63)54-51-48-45-42-39-36-34-31-29-27-25-23-20-17-14-11-8-5-2/h7,10,15-20,23-27,29-32,34-35,38,44,47,57H,4-6,8-9,11-14,21-22,28,33,36-37,39-43,45-46,48-56H2,1-3H3/b10-7-,18-15-,19-16-,20-17-,25-23-,26-24-,29-27-,32-30-,34-31-,38-35-,47-44-. The Morgan fingerprint density at radius 2 is 0.697 bits per heavy atom. The highest BCUT2D eigenvalue weighted by Crippen LogP contribution is 2.12. The van der Waals surface area contributed by atoms with Gasteiger partial charge in [0, 0.05) is 19.3 Å². The quantitative estimate of drug-likeness (QED) is 0.0199. The monoisotopic (exact) mass is 911 g/mol. The summed E-state index contributed by atoms with van der Waals surface area (Å²) in [4.78, 5) is 38.0. The van der Waals surface area contributed by atoms with Crippen molar-refractivity contribution in [2.45, 2.75) is 213 Å². The highest BCUT2D eigenvalue weighted by atomic mass is 16.6. The lowest BCUT2D eigenvalue weighted by molar-refractivity contribution is -0.166. The van der Waals surface area contributed by atoms with Crippen LogP contribution in [0.5, 0.6) is 0 Å². The Morgan fingerprint density at radius 1 is 0.333 bits per heavy atom. The zero-order chi connectivity index (χ0) is 47.9. The summed E-state index contributed by atoms with van der Waals surface area (Å²) in [5.74, 6) is -1.05. The van der Waals surface area contributed by atoms with Gasteiger partial charge in [-0.3, -0.25) is 14.4 Å². The number of carbonyl (C=O) groups is 3. The molecule has 0 spiro atoms. The van der Waals surface area contributed by atoms with Gasteiger partial charge in [0.25, 0.3) is 0 Å². The van der Waals surface area contributed by atoms with Crippen LogP contribution in [0.3, 0.4) is 0 Å². The summed E-state index contributed by atoms with van der Waals surface area (Å²) in [6, 6.07) is 0. The fourth-order valence-corrected chi connectivity index (χ4v) is 6.52. The van der Waals surface area contributed by atoms with Gasteiger partial charge in [0.2, 0.25) is 0 Å². The van der Waals surface area contributed by atoms with Crippen molar-refractivity contribution in [1.82, 2.24) is 0 Å². The third kappa shape index (κ3) is 50.5. The summed E-state index contributed by atoms with van der Waals surface area (Å²) in [7, 11) is 0. The molecule has 0 aliphatic rings. The van der Waals surface area contributed by atoms with E-state index in [0.717, 1.165) is 116 Å². The summed E-state index contributed by atoms with van der Waals surface area (Å²) in [5.41, 5.74) is 0. The van der Waals surface area contributed by atoms with Crippen LogP contribution in [-0.4, -0.2) is 37.2 Å². The molecule has 0 saturated carbocycles. The number of hydrogen-bond donors (Lipinski definition) is 0. The van der Waals surface area contributed by atoms with Crippen molar-refractivity contribution >= 4 is 17.9 Å². The molecule has 6 heteroatoms. The third-order valence-corrected chi connectivity index (χ3v) is 10.5. The second-order valence-electron chi connectivity index (χ2n) is 16.8. The summed E-state index contributed by atoms with van der Waals surface area (Å²) >= 11 is 0. The third-order valence-electron chi connectivity index (χ3n) is 10.5. The maximum absolute atomic E-state index is 12.8. The summed E-state index contributed by atoms with van der Waals surface area (Å²) in [6.07, 6.45) is 74.4. The highest BCUT2D eigenvalue weighted by molar-refractivity contribution is 5.71. The molecule has 0 heterocycles. The van der Waals surface area contributed by atoms with Crippen LogP contribution in [0, 0.1) is 0 Å². The number of esters is 3. The smallest absolute Gasteiger partial charge is 0.306 e. The minimum absolute atomic E-state index is 0.120. The predicted molar refractivity (Wildman–Crippen MR) is 283 cm³/mol. The molecule has 0 bridgehead atoms. The van der Waals surface area contributed by atoms with Crippen LogP contribution < -0.4 is 0 Å². The van der Waals surface area contributed by atoms with E-state index in [0.29, 0.717) is 12.8 Å². The second-order valence-corrected chi connectivity index (χ2v) is 16.8. The first-order valence-corrected chi connectivity index (χ1v) is 26.2. The molecule has 0 aromatic heterocycles. The van der Waals surface area contributed by atoms with Crippen molar-refractivity contribution in [1.29, 1.82) is 0 Å². The average molecular weight is 911 g/mol. The van der Waals surface area contributed by atoms with Crippen LogP contribution in [0.1, 0.15) is 207 Å². The van der Waals surface area contributed by atoms with Crippen molar-refractivity contribution in [2.24, 2.45) is 0 Å². The molecule has 1 atom stereocenters. The molecule has 0 radical (unpaired) electrons. The van der Waals surface area contributed by atoms with Crippen molar-refractivity contribution in [3.05, 3.63) is 134 Å². The maximum atomic E-state index is 12.8. The number of carbonyl (C=O) groups excluding carboxylic acids is 3. The molecule has 1 unspecified atom stereocenters. The molecule has 66 heavy (non-hydrogen) atoms. The molecule has 0 aliphatic heterocycles. The molecule has 0 amide bonds. The molecule has 6 nitrogen and oxygen atoms in total. The lowest BCUT2D eigenvalue weighted by atomic mass is 10.1. The normalized spacial score (nSPS) is 13.2. The van der Waals surface area contributed by atoms with Gasteiger partial charge in [-0.05, 0) is 103 Å². The van der Waals surface area contributed by atoms with Gasteiger partial charge in [-0.25, -0.2) is 0 Å². The van der Waals surface area contributed by atoms with E-state index >= 15 is 0 Å². The van der Waals surface area contributed by atoms with Gasteiger partial charge < -0.3 is 14.2 Å². The van der Waals surface area contributed by atoms with Crippen LogP contribution in [0.15, 0.2) is 134 Å². The predicted octanol–water partition coefficient (Wildman–Crippen LogP) is 17.5. The van der Waals surface area contributed by atoms with Gasteiger partial charge in [-0.2, -0.15) is 0 Å². The van der Waals surface area contributed by atoms with Crippen LogP contribution in [0.25, 0.3) is 0 Å². The fourth-order valence-electron chi connectivity index (χ4n) is 6.52. The molecular formula is C60H94O6. The zero-order valence-corrected chi connectivity index (χ0v) is 42.1. The van der Waals surface area contributed by atoms with Gasteiger partial charge >= 0.3 is 17.9 Å². The Labute approximate surface area is 405 Å². The Kier molecular flexibility index (Phi) is 49.6. The first kappa shape index (κ1) is 61.5. The van der Waals surface area contributed by atoms with Crippen LogP contribution in [0.2, 0.25) is 0 Å². The van der Waals surface area contributed by atoms with Gasteiger partial charge in [-0.15, -0.1) is 0 Å². The molecule has 0 aromatic carbocycles. The van der Waals surface area contributed by atoms with Crippen molar-refractivity contribution in [3.8, 4) is 0 Å². The largest absolute Gasteiger partial charge is 0.462 e. The SMILES string of the molecule is CC/C=C\C/C=C\C/C=C\C/C=C\C/C=C\C/C=C\CCC(=O)OCC(COC(=O)CCCCCCC/C=C\CCCC)OC(=O)CCCCCCC\C=C/C=C\C=C/C=C\CCCCC. The molecule has 370 valence electrons. The fraction of sp³-hybridized carbons (Fsp3) is 0.583. The number of hydrogen-bond acceptors (Lipinski definition) is 6. The Bertz CT molecular complexity index is 1460. The lowest BCUT2D eigenvalue weighted by Gasteiger charge is -2.18. The Hall–Kier alpha value is -4.45. The first-order chi connectivity index (χ1) is 32.5. The van der Waals surface area contributed by atoms with Gasteiger partial charge in [0.15, 0.2) is 6.10 Å². The van der Waals surface area contributed by atoms with Crippen molar-refractivity contribution < 1.29 is 28.6 Å². The highest BCUT2D eigenvalue weighted by Gasteiger charge is 2.19. The second kappa shape index (κ2) is 53.2. The lowest BCUT2D eigenvalue weighted by Crippen LogP contribution is -2.30. The van der Waals surface area contributed by atoms with E-state index < -0.39 is 6.10 Å². The average Bonchev–Trinajstić information content (AvgIpc) is 3.31. The molecule has 0 aromatic rings. The first-order valence-electron chi connectivity index (χ1n) is 26.2. The zero-order valence-electron chi connectivity index (χ0n) is 42.1. The molecule has 0 N–H and O–H groups in total. The Morgan fingerprint density at radius 3 is 1.20 bits per heavy atom. The van der Waals surface area contributed by atoms with Crippen molar-refractivity contribution in [3.63, 3.8) is 0 Å². The number of allylic oxidation sites excluding steroid dienone is 22. The van der Waals surface area contributed by atoms with Gasteiger partial charge in [0.05, 0.1) is 0 Å². The van der Waals surface area contributed by atoms with Crippen LogP contribution >= 0.6 is 0 Å². The van der Waals surface area contributed by atoms with E-state index in [4.69, 9.17) is 14.2 Å². The molecule has 0 saturated heterocycles. The van der Waals surface area contributed by atoms with E-state index in [2.05, 4.69) is 142 Å². The van der Waals surface area contributed by atoms with E-state index in [-0.39, 0.29) is 44.0 Å². The van der Waals surface area contributed by atoms with Gasteiger partial charge in [-0.1, -0.05) is 219 Å². The van der Waals surface area contributed by atoms with E-state index in [1.165, 1.54) is 44.9 Å². The van der Waals surface area contributed by atoms with Crippen LogP contribution in [-0.2, 0) is 28.6 Å².